The molecule has 0 unspecified atom stereocenters. The average Bonchev–Trinajstić information content (AvgIpc) is 2.23. The Morgan fingerprint density at radius 2 is 2.00 bits per heavy atom. The fraction of sp³-hybridized carbons (Fsp3) is 0.545. The number of H-pyrrole nitrogens is 1. The predicted molar refractivity (Wildman–Crippen MR) is 57.6 cm³/mol. The zero-order valence-electron chi connectivity index (χ0n) is 8.25. The lowest BCUT2D eigenvalue weighted by molar-refractivity contribution is 0.462. The maximum absolute atomic E-state index is 10.8. The van der Waals surface area contributed by atoms with E-state index in [0.717, 1.165) is 5.69 Å². The van der Waals surface area contributed by atoms with E-state index in [1.807, 2.05) is 6.07 Å². The van der Waals surface area contributed by atoms with Crippen LogP contribution in [-0.2, 0) is 0 Å². The molecule has 76 valence electrons. The predicted octanol–water partition coefficient (Wildman–Crippen LogP) is 2.12. The quantitative estimate of drug-likeness (QED) is 0.753. The van der Waals surface area contributed by atoms with E-state index in [4.69, 9.17) is 0 Å². The van der Waals surface area contributed by atoms with Crippen LogP contribution in [0.1, 0.15) is 32.1 Å². The molecule has 0 saturated heterocycles. The van der Waals surface area contributed by atoms with Crippen molar-refractivity contribution in [2.75, 3.05) is 5.32 Å². The molecule has 1 aromatic rings. The molecule has 1 fully saturated rings. The highest BCUT2D eigenvalue weighted by Crippen LogP contribution is 2.20. The van der Waals surface area contributed by atoms with Crippen molar-refractivity contribution in [1.82, 2.24) is 4.98 Å². The summed E-state index contributed by atoms with van der Waals surface area (Å²) in [4.78, 5) is 13.5. The summed E-state index contributed by atoms with van der Waals surface area (Å²) in [5, 5.41) is 3.44. The van der Waals surface area contributed by atoms with E-state index >= 15 is 0 Å². The van der Waals surface area contributed by atoms with Gasteiger partial charge in [-0.1, -0.05) is 19.3 Å². The second-order valence-electron chi connectivity index (χ2n) is 3.92. The summed E-state index contributed by atoms with van der Waals surface area (Å²) >= 11 is 0. The van der Waals surface area contributed by atoms with Gasteiger partial charge in [0.25, 0.3) is 0 Å². The Labute approximate surface area is 83.5 Å². The van der Waals surface area contributed by atoms with Gasteiger partial charge in [-0.3, -0.25) is 4.79 Å². The third-order valence-corrected chi connectivity index (χ3v) is 2.76. The van der Waals surface area contributed by atoms with Crippen molar-refractivity contribution in [3.8, 4) is 0 Å². The minimum Gasteiger partial charge on any atom is -0.381 e. The molecule has 0 radical (unpaired) electrons. The van der Waals surface area contributed by atoms with Crippen LogP contribution in [0, 0.1) is 0 Å². The van der Waals surface area contributed by atoms with E-state index in [1.165, 1.54) is 32.1 Å². The smallest absolute Gasteiger partial charge is 0.248 e. The Morgan fingerprint density at radius 1 is 1.21 bits per heavy atom. The largest absolute Gasteiger partial charge is 0.381 e. The normalized spacial score (nSPS) is 18.0. The molecule has 1 heterocycles. The van der Waals surface area contributed by atoms with E-state index in [0.29, 0.717) is 6.04 Å². The van der Waals surface area contributed by atoms with E-state index in [-0.39, 0.29) is 5.56 Å². The first-order chi connectivity index (χ1) is 6.84. The topological polar surface area (TPSA) is 44.9 Å². The Balaban J connectivity index is 1.96. The molecule has 3 heteroatoms. The van der Waals surface area contributed by atoms with Crippen molar-refractivity contribution >= 4 is 5.69 Å². The summed E-state index contributed by atoms with van der Waals surface area (Å²) in [7, 11) is 0. The van der Waals surface area contributed by atoms with Crippen LogP contribution in [0.4, 0.5) is 5.69 Å². The Bertz CT molecular complexity index is 319. The molecule has 3 nitrogen and oxygen atoms in total. The number of aromatic nitrogens is 1. The van der Waals surface area contributed by atoms with Crippen molar-refractivity contribution in [1.29, 1.82) is 0 Å². The molecular weight excluding hydrogens is 176 g/mol. The van der Waals surface area contributed by atoms with Gasteiger partial charge in [-0.15, -0.1) is 0 Å². The number of hydrogen-bond donors (Lipinski definition) is 2. The Hall–Kier alpha value is -1.25. The zero-order valence-corrected chi connectivity index (χ0v) is 8.25. The zero-order chi connectivity index (χ0) is 9.80. The molecule has 0 amide bonds. The van der Waals surface area contributed by atoms with Crippen molar-refractivity contribution in [2.24, 2.45) is 0 Å². The first-order valence-corrected chi connectivity index (χ1v) is 5.30. The molecule has 1 aromatic heterocycles. The molecule has 1 aliphatic carbocycles. The van der Waals surface area contributed by atoms with Gasteiger partial charge in [0.15, 0.2) is 0 Å². The number of aromatic amines is 1. The number of rotatable bonds is 2. The third-order valence-electron chi connectivity index (χ3n) is 2.76. The molecule has 2 rings (SSSR count). The number of hydrogen-bond acceptors (Lipinski definition) is 2. The monoisotopic (exact) mass is 192 g/mol. The second kappa shape index (κ2) is 4.31. The summed E-state index contributed by atoms with van der Waals surface area (Å²) in [5.74, 6) is 0. The van der Waals surface area contributed by atoms with Crippen LogP contribution in [0.25, 0.3) is 0 Å². The highest BCUT2D eigenvalue weighted by atomic mass is 16.1. The molecule has 14 heavy (non-hydrogen) atoms. The van der Waals surface area contributed by atoms with Gasteiger partial charge in [-0.25, -0.2) is 0 Å². The lowest BCUT2D eigenvalue weighted by Crippen LogP contribution is -2.22. The summed E-state index contributed by atoms with van der Waals surface area (Å²) in [6, 6.07) is 3.99. The number of nitrogens with one attached hydrogen (secondary N) is 2. The third kappa shape index (κ3) is 2.37. The van der Waals surface area contributed by atoms with Crippen LogP contribution in [0.2, 0.25) is 0 Å². The molecule has 0 aliphatic heterocycles. The SMILES string of the molecule is O=c1ccc(NC2CCCCC2)c[nH]1. The standard InChI is InChI=1S/C11H16N2O/c14-11-7-6-10(8-12-11)13-9-4-2-1-3-5-9/h6-9,13H,1-5H2,(H,12,14). The Kier molecular flexibility index (Phi) is 2.87. The Morgan fingerprint density at radius 3 is 2.64 bits per heavy atom. The highest BCUT2D eigenvalue weighted by Gasteiger charge is 2.12. The van der Waals surface area contributed by atoms with E-state index < -0.39 is 0 Å². The molecule has 1 saturated carbocycles. The summed E-state index contributed by atoms with van der Waals surface area (Å²) in [6.45, 7) is 0. The van der Waals surface area contributed by atoms with Crippen molar-refractivity contribution in [3.05, 3.63) is 28.7 Å². The maximum Gasteiger partial charge on any atom is 0.248 e. The number of anilines is 1. The van der Waals surface area contributed by atoms with E-state index in [9.17, 15) is 4.79 Å². The van der Waals surface area contributed by atoms with E-state index in [1.54, 1.807) is 12.3 Å². The van der Waals surface area contributed by atoms with Gasteiger partial charge in [0, 0.05) is 18.3 Å². The molecule has 0 atom stereocenters. The molecule has 2 N–H and O–H groups in total. The van der Waals surface area contributed by atoms with Gasteiger partial charge < -0.3 is 10.3 Å². The lowest BCUT2D eigenvalue weighted by atomic mass is 9.95. The fourth-order valence-corrected chi connectivity index (χ4v) is 1.98. The minimum atomic E-state index is -0.0424. The van der Waals surface area contributed by atoms with Gasteiger partial charge in [0.2, 0.25) is 5.56 Å². The first kappa shape index (κ1) is 9.31. The molecule has 0 aromatic carbocycles. The van der Waals surface area contributed by atoms with Crippen LogP contribution in [-0.4, -0.2) is 11.0 Å². The summed E-state index contributed by atoms with van der Waals surface area (Å²) in [5.41, 5.74) is 0.982. The minimum absolute atomic E-state index is 0.0424. The van der Waals surface area contributed by atoms with Crippen LogP contribution < -0.4 is 10.9 Å². The molecule has 0 spiro atoms. The second-order valence-corrected chi connectivity index (χ2v) is 3.92. The van der Waals surface area contributed by atoms with Gasteiger partial charge in [0.05, 0.1) is 5.69 Å². The highest BCUT2D eigenvalue weighted by molar-refractivity contribution is 5.40. The van der Waals surface area contributed by atoms with Crippen LogP contribution >= 0.6 is 0 Å². The van der Waals surface area contributed by atoms with Gasteiger partial charge in [0.1, 0.15) is 0 Å². The van der Waals surface area contributed by atoms with Crippen LogP contribution in [0.5, 0.6) is 0 Å². The summed E-state index contributed by atoms with van der Waals surface area (Å²) < 4.78 is 0. The van der Waals surface area contributed by atoms with Crippen molar-refractivity contribution in [2.45, 2.75) is 38.1 Å². The maximum atomic E-state index is 10.8. The first-order valence-electron chi connectivity index (χ1n) is 5.30. The van der Waals surface area contributed by atoms with Crippen molar-refractivity contribution in [3.63, 3.8) is 0 Å². The lowest BCUT2D eigenvalue weighted by Gasteiger charge is -2.23. The van der Waals surface area contributed by atoms with Gasteiger partial charge in [-0.05, 0) is 18.9 Å². The van der Waals surface area contributed by atoms with Crippen LogP contribution in [0.3, 0.4) is 0 Å². The molecule has 0 bridgehead atoms. The van der Waals surface area contributed by atoms with E-state index in [2.05, 4.69) is 10.3 Å². The average molecular weight is 192 g/mol. The summed E-state index contributed by atoms with van der Waals surface area (Å²) in [6.07, 6.45) is 8.25. The number of pyridine rings is 1. The fourth-order valence-electron chi connectivity index (χ4n) is 1.98. The molecule has 1 aliphatic rings. The van der Waals surface area contributed by atoms with Gasteiger partial charge in [-0.2, -0.15) is 0 Å². The van der Waals surface area contributed by atoms with Crippen molar-refractivity contribution < 1.29 is 0 Å². The van der Waals surface area contributed by atoms with Gasteiger partial charge >= 0.3 is 0 Å². The molecular formula is C11H16N2O. The van der Waals surface area contributed by atoms with Crippen LogP contribution in [0.15, 0.2) is 23.1 Å².